The van der Waals surface area contributed by atoms with Crippen molar-refractivity contribution in [3.05, 3.63) is 0 Å². The first-order valence-corrected chi connectivity index (χ1v) is 3.93. The zero-order valence-electron chi connectivity index (χ0n) is 5.86. The normalized spacial score (nSPS) is 50.5. The highest BCUT2D eigenvalue weighted by molar-refractivity contribution is 5.58. The molecule has 0 aromatic heterocycles. The lowest BCUT2D eigenvalue weighted by Crippen LogP contribution is -1.92. The molecule has 0 aliphatic heterocycles. The SMILES string of the molecule is O=C[C@H]1C[C@@H]1[C@H]1C[C@@H]1CO. The standard InChI is InChI=1S/C8H12O2/c9-3-5-1-7(5)8-2-6(8)4-10/h3,5-8,10H,1-2,4H2/t5-,6-,7+,8+/m1/s1. The second kappa shape index (κ2) is 2.06. The Balaban J connectivity index is 1.79. The van der Waals surface area contributed by atoms with Gasteiger partial charge in [-0.05, 0) is 30.6 Å². The van der Waals surface area contributed by atoms with E-state index in [0.29, 0.717) is 30.3 Å². The van der Waals surface area contributed by atoms with Gasteiger partial charge in [0.05, 0.1) is 0 Å². The first-order valence-electron chi connectivity index (χ1n) is 3.93. The van der Waals surface area contributed by atoms with Gasteiger partial charge in [-0.2, -0.15) is 0 Å². The molecular formula is C8H12O2. The summed E-state index contributed by atoms with van der Waals surface area (Å²) in [6.07, 6.45) is 3.31. The monoisotopic (exact) mass is 140 g/mol. The van der Waals surface area contributed by atoms with Gasteiger partial charge in [0.25, 0.3) is 0 Å². The maximum absolute atomic E-state index is 10.2. The molecule has 0 unspecified atom stereocenters. The van der Waals surface area contributed by atoms with Crippen molar-refractivity contribution in [2.45, 2.75) is 12.8 Å². The molecule has 0 aromatic carbocycles. The van der Waals surface area contributed by atoms with Crippen molar-refractivity contribution in [2.24, 2.45) is 23.7 Å². The summed E-state index contributed by atoms with van der Waals surface area (Å²) < 4.78 is 0. The van der Waals surface area contributed by atoms with Crippen LogP contribution in [0.5, 0.6) is 0 Å². The molecule has 2 rings (SSSR count). The van der Waals surface area contributed by atoms with Crippen LogP contribution >= 0.6 is 0 Å². The first kappa shape index (κ1) is 6.35. The van der Waals surface area contributed by atoms with Crippen LogP contribution in [0.2, 0.25) is 0 Å². The number of hydrogen-bond donors (Lipinski definition) is 1. The maximum atomic E-state index is 10.2. The maximum Gasteiger partial charge on any atom is 0.123 e. The summed E-state index contributed by atoms with van der Waals surface area (Å²) in [6, 6.07) is 0. The molecule has 2 aliphatic rings. The van der Waals surface area contributed by atoms with Crippen LogP contribution in [0.25, 0.3) is 0 Å². The van der Waals surface area contributed by atoms with E-state index in [9.17, 15) is 4.79 Å². The van der Waals surface area contributed by atoms with Crippen molar-refractivity contribution in [2.75, 3.05) is 6.61 Å². The van der Waals surface area contributed by atoms with E-state index in [0.717, 1.165) is 19.1 Å². The number of rotatable bonds is 3. The molecule has 0 heterocycles. The molecule has 4 atom stereocenters. The fourth-order valence-corrected chi connectivity index (χ4v) is 1.89. The molecular weight excluding hydrogens is 128 g/mol. The van der Waals surface area contributed by atoms with Crippen LogP contribution in [-0.2, 0) is 4.79 Å². The van der Waals surface area contributed by atoms with Crippen LogP contribution < -0.4 is 0 Å². The predicted molar refractivity (Wildman–Crippen MR) is 36.3 cm³/mol. The molecule has 2 nitrogen and oxygen atoms in total. The van der Waals surface area contributed by atoms with E-state index in [1.807, 2.05) is 0 Å². The van der Waals surface area contributed by atoms with Crippen molar-refractivity contribution in [3.63, 3.8) is 0 Å². The quantitative estimate of drug-likeness (QED) is 0.578. The van der Waals surface area contributed by atoms with E-state index in [4.69, 9.17) is 5.11 Å². The Hall–Kier alpha value is -0.370. The predicted octanol–water partition coefficient (Wildman–Crippen LogP) is 0.450. The Morgan fingerprint density at radius 2 is 2.20 bits per heavy atom. The number of aliphatic hydroxyl groups is 1. The molecule has 1 N–H and O–H groups in total. The molecule has 0 aromatic rings. The van der Waals surface area contributed by atoms with Gasteiger partial charge in [-0.1, -0.05) is 0 Å². The van der Waals surface area contributed by atoms with Gasteiger partial charge in [0.15, 0.2) is 0 Å². The molecule has 0 bridgehead atoms. The lowest BCUT2D eigenvalue weighted by molar-refractivity contribution is -0.109. The summed E-state index contributed by atoms with van der Waals surface area (Å²) in [4.78, 5) is 10.2. The fraction of sp³-hybridized carbons (Fsp3) is 0.875. The zero-order chi connectivity index (χ0) is 7.14. The third kappa shape index (κ3) is 0.870. The number of aliphatic hydroxyl groups excluding tert-OH is 1. The largest absolute Gasteiger partial charge is 0.396 e. The van der Waals surface area contributed by atoms with Crippen LogP contribution in [0.1, 0.15) is 12.8 Å². The third-order valence-electron chi connectivity index (χ3n) is 2.83. The lowest BCUT2D eigenvalue weighted by Gasteiger charge is -1.90. The molecule has 0 radical (unpaired) electrons. The zero-order valence-corrected chi connectivity index (χ0v) is 5.86. The van der Waals surface area contributed by atoms with Gasteiger partial charge in [-0.3, -0.25) is 0 Å². The van der Waals surface area contributed by atoms with Crippen molar-refractivity contribution in [1.29, 1.82) is 0 Å². The topological polar surface area (TPSA) is 37.3 Å². The van der Waals surface area contributed by atoms with Gasteiger partial charge in [0.1, 0.15) is 6.29 Å². The molecule has 2 heteroatoms. The van der Waals surface area contributed by atoms with Gasteiger partial charge in [0.2, 0.25) is 0 Å². The number of carbonyl (C=O) groups excluding carboxylic acids is 1. The van der Waals surface area contributed by atoms with E-state index in [2.05, 4.69) is 0 Å². The number of aldehydes is 1. The highest BCUT2D eigenvalue weighted by Crippen LogP contribution is 2.56. The van der Waals surface area contributed by atoms with Gasteiger partial charge in [-0.15, -0.1) is 0 Å². The van der Waals surface area contributed by atoms with Crippen molar-refractivity contribution >= 4 is 6.29 Å². The van der Waals surface area contributed by atoms with Crippen LogP contribution in [0.15, 0.2) is 0 Å². The second-order valence-corrected chi connectivity index (χ2v) is 3.54. The number of carbonyl (C=O) groups is 1. The molecule has 0 amide bonds. The Morgan fingerprint density at radius 3 is 2.60 bits per heavy atom. The van der Waals surface area contributed by atoms with Gasteiger partial charge in [0, 0.05) is 12.5 Å². The van der Waals surface area contributed by atoms with E-state index in [1.54, 1.807) is 0 Å². The minimum atomic E-state index is 0.326. The summed E-state index contributed by atoms with van der Waals surface area (Å²) in [5.41, 5.74) is 0. The number of hydrogen-bond acceptors (Lipinski definition) is 2. The Bertz CT molecular complexity index is 155. The van der Waals surface area contributed by atoms with E-state index in [1.165, 1.54) is 0 Å². The van der Waals surface area contributed by atoms with E-state index >= 15 is 0 Å². The average molecular weight is 140 g/mol. The van der Waals surface area contributed by atoms with Crippen LogP contribution in [0.3, 0.4) is 0 Å². The van der Waals surface area contributed by atoms with Crippen molar-refractivity contribution in [3.8, 4) is 0 Å². The Labute approximate surface area is 60.2 Å². The molecule has 56 valence electrons. The Morgan fingerprint density at radius 1 is 1.40 bits per heavy atom. The minimum absolute atomic E-state index is 0.326. The highest BCUT2D eigenvalue weighted by atomic mass is 16.3. The van der Waals surface area contributed by atoms with Crippen LogP contribution in [0.4, 0.5) is 0 Å². The summed E-state index contributed by atoms with van der Waals surface area (Å²) >= 11 is 0. The summed E-state index contributed by atoms with van der Waals surface area (Å²) in [6.45, 7) is 0.326. The smallest absolute Gasteiger partial charge is 0.123 e. The summed E-state index contributed by atoms with van der Waals surface area (Å²) in [7, 11) is 0. The van der Waals surface area contributed by atoms with Gasteiger partial charge >= 0.3 is 0 Å². The van der Waals surface area contributed by atoms with Gasteiger partial charge in [-0.25, -0.2) is 0 Å². The average Bonchev–Trinajstić information content (AvgIpc) is 2.83. The first-order chi connectivity index (χ1) is 4.86. The van der Waals surface area contributed by atoms with Crippen LogP contribution in [-0.4, -0.2) is 18.0 Å². The molecule has 2 aliphatic carbocycles. The van der Waals surface area contributed by atoms with Crippen LogP contribution in [0, 0.1) is 23.7 Å². The molecule has 10 heavy (non-hydrogen) atoms. The molecule has 0 spiro atoms. The van der Waals surface area contributed by atoms with Gasteiger partial charge < -0.3 is 9.90 Å². The van der Waals surface area contributed by atoms with Crippen molar-refractivity contribution in [1.82, 2.24) is 0 Å². The minimum Gasteiger partial charge on any atom is -0.396 e. The molecule has 2 fully saturated rings. The third-order valence-corrected chi connectivity index (χ3v) is 2.83. The highest BCUT2D eigenvalue weighted by Gasteiger charge is 2.52. The van der Waals surface area contributed by atoms with E-state index in [-0.39, 0.29) is 0 Å². The fourth-order valence-electron chi connectivity index (χ4n) is 1.89. The second-order valence-electron chi connectivity index (χ2n) is 3.54. The molecule has 2 saturated carbocycles. The van der Waals surface area contributed by atoms with E-state index < -0.39 is 0 Å². The lowest BCUT2D eigenvalue weighted by atomic mass is 10.2. The summed E-state index contributed by atoms with van der Waals surface area (Å²) in [5, 5.41) is 8.72. The summed E-state index contributed by atoms with van der Waals surface area (Å²) in [5.74, 6) is 2.23. The molecule has 0 saturated heterocycles. The Kier molecular flexibility index (Phi) is 1.31. The van der Waals surface area contributed by atoms with Crippen molar-refractivity contribution < 1.29 is 9.90 Å².